The first-order valence-corrected chi connectivity index (χ1v) is 10.4. The fourth-order valence-corrected chi connectivity index (χ4v) is 4.38. The molecule has 0 amide bonds. The predicted octanol–water partition coefficient (Wildman–Crippen LogP) is 7.29. The van der Waals surface area contributed by atoms with Crippen molar-refractivity contribution in [2.75, 3.05) is 18.6 Å². The van der Waals surface area contributed by atoms with Gasteiger partial charge in [-0.05, 0) is 56.2 Å². The number of thiazole rings is 1. The lowest BCUT2D eigenvalue weighted by molar-refractivity contribution is 0.415. The Hall–Kier alpha value is -1.75. The summed E-state index contributed by atoms with van der Waals surface area (Å²) in [6, 6.07) is 11.7. The summed E-state index contributed by atoms with van der Waals surface area (Å²) in [5.74, 6) is 0.732. The molecule has 27 heavy (non-hydrogen) atoms. The van der Waals surface area contributed by atoms with Gasteiger partial charge in [0.15, 0.2) is 5.13 Å². The van der Waals surface area contributed by atoms with E-state index in [1.807, 2.05) is 30.3 Å². The fraction of sp³-hybridized carbons (Fsp3) is 0.286. The third-order valence-electron chi connectivity index (χ3n) is 4.29. The number of anilines is 2. The lowest BCUT2D eigenvalue weighted by atomic mass is 10.1. The molecule has 0 aliphatic heterocycles. The monoisotopic (exact) mass is 420 g/mol. The van der Waals surface area contributed by atoms with Crippen LogP contribution < -0.4 is 9.64 Å². The Bertz CT molecular complexity index is 955. The van der Waals surface area contributed by atoms with Crippen molar-refractivity contribution in [2.24, 2.45) is 0 Å². The van der Waals surface area contributed by atoms with E-state index in [0.29, 0.717) is 5.02 Å². The lowest BCUT2D eigenvalue weighted by Gasteiger charge is -2.23. The second kappa shape index (κ2) is 8.51. The quantitative estimate of drug-likeness (QED) is 0.418. The Balaban J connectivity index is 2.06. The van der Waals surface area contributed by atoms with Crippen LogP contribution in [0.2, 0.25) is 10.0 Å². The van der Waals surface area contributed by atoms with Gasteiger partial charge in [-0.2, -0.15) is 0 Å². The summed E-state index contributed by atoms with van der Waals surface area (Å²) < 4.78 is 5.25. The van der Waals surface area contributed by atoms with Crippen molar-refractivity contribution in [1.29, 1.82) is 0 Å². The molecular formula is C21H22Cl2N2OS. The number of methoxy groups -OCH3 is 1. The number of nitrogens with zero attached hydrogens (tertiary/aromatic N) is 2. The molecular weight excluding hydrogens is 399 g/mol. The molecule has 6 heteroatoms. The number of benzene rings is 2. The van der Waals surface area contributed by atoms with Crippen LogP contribution in [0.4, 0.5) is 10.8 Å². The summed E-state index contributed by atoms with van der Waals surface area (Å²) in [6.07, 6.45) is 0.988. The minimum atomic E-state index is 0.630. The number of aryl methyl sites for hydroxylation is 2. The van der Waals surface area contributed by atoms with Crippen LogP contribution in [-0.2, 0) is 0 Å². The normalized spacial score (nSPS) is 10.9. The molecule has 1 heterocycles. The Morgan fingerprint density at radius 3 is 2.52 bits per heavy atom. The van der Waals surface area contributed by atoms with E-state index in [0.717, 1.165) is 50.7 Å². The maximum absolute atomic E-state index is 6.50. The molecule has 3 nitrogen and oxygen atoms in total. The summed E-state index contributed by atoms with van der Waals surface area (Å²) >= 11 is 14.6. The van der Waals surface area contributed by atoms with Crippen LogP contribution in [0.1, 0.15) is 23.8 Å². The van der Waals surface area contributed by atoms with Crippen molar-refractivity contribution in [2.45, 2.75) is 27.2 Å². The fourth-order valence-electron chi connectivity index (χ4n) is 2.93. The second-order valence-electron chi connectivity index (χ2n) is 6.35. The van der Waals surface area contributed by atoms with E-state index in [1.165, 1.54) is 5.56 Å². The van der Waals surface area contributed by atoms with Crippen molar-refractivity contribution in [3.63, 3.8) is 0 Å². The summed E-state index contributed by atoms with van der Waals surface area (Å²) in [6.45, 7) is 7.13. The highest BCUT2D eigenvalue weighted by atomic mass is 35.5. The smallest absolute Gasteiger partial charge is 0.190 e. The molecule has 0 bridgehead atoms. The third-order valence-corrected chi connectivity index (χ3v) is 5.91. The minimum Gasteiger partial charge on any atom is -0.497 e. The molecule has 0 atom stereocenters. The SMILES string of the molecule is CCCN(c1nc(-c2ccc(OC)cc2Cl)c(C)s1)c1cc(C)ccc1Cl. The van der Waals surface area contributed by atoms with Crippen molar-refractivity contribution in [1.82, 2.24) is 4.98 Å². The first-order chi connectivity index (χ1) is 12.9. The Labute approximate surface area is 174 Å². The van der Waals surface area contributed by atoms with Crippen molar-refractivity contribution < 1.29 is 4.74 Å². The molecule has 0 saturated carbocycles. The number of aromatic nitrogens is 1. The van der Waals surface area contributed by atoms with E-state index in [1.54, 1.807) is 18.4 Å². The van der Waals surface area contributed by atoms with Gasteiger partial charge < -0.3 is 9.64 Å². The molecule has 0 radical (unpaired) electrons. The molecule has 1 aromatic heterocycles. The van der Waals surface area contributed by atoms with E-state index >= 15 is 0 Å². The zero-order valence-corrected chi connectivity index (χ0v) is 18.2. The topological polar surface area (TPSA) is 25.4 Å². The molecule has 0 unspecified atom stereocenters. The van der Waals surface area contributed by atoms with Crippen molar-refractivity contribution in [3.05, 3.63) is 56.9 Å². The van der Waals surface area contributed by atoms with Crippen molar-refractivity contribution >= 4 is 45.4 Å². The molecule has 3 rings (SSSR count). The number of hydrogen-bond donors (Lipinski definition) is 0. The summed E-state index contributed by atoms with van der Waals surface area (Å²) in [5.41, 5.74) is 3.96. The Morgan fingerprint density at radius 2 is 1.85 bits per heavy atom. The summed E-state index contributed by atoms with van der Waals surface area (Å²) in [5, 5.41) is 2.28. The molecule has 0 aliphatic carbocycles. The molecule has 0 saturated heterocycles. The van der Waals surface area contributed by atoms with Crippen LogP contribution in [0.15, 0.2) is 36.4 Å². The van der Waals surface area contributed by atoms with Gasteiger partial charge in [0.05, 0.1) is 28.5 Å². The maximum Gasteiger partial charge on any atom is 0.190 e. The van der Waals surface area contributed by atoms with Crippen LogP contribution in [-0.4, -0.2) is 18.6 Å². The molecule has 142 valence electrons. The van der Waals surface area contributed by atoms with Crippen LogP contribution in [0.25, 0.3) is 11.3 Å². The van der Waals surface area contributed by atoms with Gasteiger partial charge >= 0.3 is 0 Å². The zero-order valence-electron chi connectivity index (χ0n) is 15.8. The maximum atomic E-state index is 6.50. The van der Waals surface area contributed by atoms with Crippen LogP contribution in [0.3, 0.4) is 0 Å². The molecule has 2 aromatic carbocycles. The highest BCUT2D eigenvalue weighted by Gasteiger charge is 2.20. The van der Waals surface area contributed by atoms with E-state index in [-0.39, 0.29) is 0 Å². The first-order valence-electron chi connectivity index (χ1n) is 8.79. The molecule has 3 aromatic rings. The van der Waals surface area contributed by atoms with Gasteiger partial charge in [-0.15, -0.1) is 11.3 Å². The molecule has 0 aliphatic rings. The number of halogens is 2. The predicted molar refractivity (Wildman–Crippen MR) is 117 cm³/mol. The van der Waals surface area contributed by atoms with Gasteiger partial charge in [0.1, 0.15) is 5.75 Å². The van der Waals surface area contributed by atoms with E-state index < -0.39 is 0 Å². The number of rotatable bonds is 6. The lowest BCUT2D eigenvalue weighted by Crippen LogP contribution is -2.18. The highest BCUT2D eigenvalue weighted by molar-refractivity contribution is 7.16. The third kappa shape index (κ3) is 4.23. The van der Waals surface area contributed by atoms with Crippen molar-refractivity contribution in [3.8, 4) is 17.0 Å². The van der Waals surface area contributed by atoms with Gasteiger partial charge in [-0.3, -0.25) is 0 Å². The molecule has 0 fully saturated rings. The van der Waals surface area contributed by atoms with E-state index in [4.69, 9.17) is 32.9 Å². The van der Waals surface area contributed by atoms with Gasteiger partial charge in [0.2, 0.25) is 0 Å². The van der Waals surface area contributed by atoms with E-state index in [9.17, 15) is 0 Å². The Morgan fingerprint density at radius 1 is 1.07 bits per heavy atom. The average Bonchev–Trinajstić information content (AvgIpc) is 3.03. The average molecular weight is 421 g/mol. The zero-order chi connectivity index (χ0) is 19.6. The van der Waals surface area contributed by atoms with Crippen LogP contribution >= 0.6 is 34.5 Å². The van der Waals surface area contributed by atoms with Gasteiger partial charge in [0.25, 0.3) is 0 Å². The standard InChI is InChI=1S/C21H22Cl2N2OS/c1-5-10-25(19-11-13(2)6-9-17(19)22)21-24-20(14(3)27-21)16-8-7-15(26-4)12-18(16)23/h6-9,11-12H,5,10H2,1-4H3. The van der Waals surface area contributed by atoms with Crippen LogP contribution in [0.5, 0.6) is 5.75 Å². The van der Waals surface area contributed by atoms with Gasteiger partial charge in [-0.1, -0.05) is 36.2 Å². The van der Waals surface area contributed by atoms with Crippen LogP contribution in [0, 0.1) is 13.8 Å². The molecule has 0 N–H and O–H groups in total. The number of ether oxygens (including phenoxy) is 1. The first kappa shape index (κ1) is 20.0. The largest absolute Gasteiger partial charge is 0.497 e. The highest BCUT2D eigenvalue weighted by Crippen LogP contribution is 2.40. The van der Waals surface area contributed by atoms with Gasteiger partial charge in [-0.25, -0.2) is 4.98 Å². The molecule has 0 spiro atoms. The summed E-state index contributed by atoms with van der Waals surface area (Å²) in [4.78, 5) is 8.22. The summed E-state index contributed by atoms with van der Waals surface area (Å²) in [7, 11) is 1.63. The number of hydrogen-bond acceptors (Lipinski definition) is 4. The van der Waals surface area contributed by atoms with Gasteiger partial charge in [0, 0.05) is 17.0 Å². The second-order valence-corrected chi connectivity index (χ2v) is 8.35. The Kier molecular flexibility index (Phi) is 6.30. The minimum absolute atomic E-state index is 0.630. The van der Waals surface area contributed by atoms with E-state index in [2.05, 4.69) is 31.7 Å².